The number of fused-ring (bicyclic) bond motifs is 2. The fourth-order valence-corrected chi connectivity index (χ4v) is 5.38. The van der Waals surface area contributed by atoms with E-state index in [0.29, 0.717) is 24.5 Å². The largest absolute Gasteiger partial charge is 0.389 e. The first-order chi connectivity index (χ1) is 9.49. The van der Waals surface area contributed by atoms with Gasteiger partial charge in [-0.25, -0.2) is 0 Å². The lowest BCUT2D eigenvalue weighted by atomic mass is 9.56. The van der Waals surface area contributed by atoms with Gasteiger partial charge >= 0.3 is 0 Å². The highest BCUT2D eigenvalue weighted by Crippen LogP contribution is 2.57. The van der Waals surface area contributed by atoms with E-state index in [4.69, 9.17) is 10.5 Å². The molecular weight excluding hydrogens is 250 g/mol. The van der Waals surface area contributed by atoms with Crippen LogP contribution in [0.15, 0.2) is 0 Å². The summed E-state index contributed by atoms with van der Waals surface area (Å²) in [6.07, 6.45) is 9.33. The summed E-state index contributed by atoms with van der Waals surface area (Å²) in [4.78, 5) is 0. The van der Waals surface area contributed by atoms with Gasteiger partial charge in [0, 0.05) is 12.0 Å². The van der Waals surface area contributed by atoms with Gasteiger partial charge in [-0.15, -0.1) is 0 Å². The minimum atomic E-state index is -0.584. The predicted octanol–water partition coefficient (Wildman–Crippen LogP) is 2.85. The maximum atomic E-state index is 11.5. The number of aliphatic hydroxyl groups is 1. The minimum absolute atomic E-state index is 0.161. The summed E-state index contributed by atoms with van der Waals surface area (Å²) in [6.45, 7) is 5.15. The van der Waals surface area contributed by atoms with Crippen molar-refractivity contribution in [3.63, 3.8) is 0 Å². The zero-order valence-corrected chi connectivity index (χ0v) is 13.1. The smallest absolute Gasteiger partial charge is 0.0744 e. The fourth-order valence-electron chi connectivity index (χ4n) is 5.38. The van der Waals surface area contributed by atoms with Crippen LogP contribution in [0.1, 0.15) is 65.2 Å². The highest BCUT2D eigenvalue weighted by Gasteiger charge is 2.62. The normalized spacial score (nSPS) is 48.1. The van der Waals surface area contributed by atoms with Gasteiger partial charge in [-0.1, -0.05) is 26.7 Å². The minimum Gasteiger partial charge on any atom is -0.389 e. The lowest BCUT2D eigenvalue weighted by Crippen LogP contribution is -2.59. The molecule has 0 aromatic rings. The molecule has 1 saturated carbocycles. The van der Waals surface area contributed by atoms with Crippen molar-refractivity contribution in [2.24, 2.45) is 23.0 Å². The van der Waals surface area contributed by atoms with Gasteiger partial charge in [0.25, 0.3) is 0 Å². The van der Waals surface area contributed by atoms with Gasteiger partial charge in [0.05, 0.1) is 17.8 Å². The maximum absolute atomic E-state index is 11.5. The van der Waals surface area contributed by atoms with Crippen molar-refractivity contribution in [2.45, 2.75) is 83.0 Å². The Kier molecular flexibility index (Phi) is 3.89. The van der Waals surface area contributed by atoms with Gasteiger partial charge in [0.15, 0.2) is 0 Å². The second kappa shape index (κ2) is 5.26. The third kappa shape index (κ3) is 2.22. The second-order valence-electron chi connectivity index (χ2n) is 8.01. The zero-order valence-electron chi connectivity index (χ0n) is 13.1. The quantitative estimate of drug-likeness (QED) is 0.833. The fraction of sp³-hybridized carbons (Fsp3) is 1.00. The lowest BCUT2D eigenvalue weighted by Gasteiger charge is -2.52. The molecule has 3 N–H and O–H groups in total. The molecule has 0 aromatic heterocycles. The predicted molar refractivity (Wildman–Crippen MR) is 80.4 cm³/mol. The highest BCUT2D eigenvalue weighted by atomic mass is 16.5. The average Bonchev–Trinajstić information content (AvgIpc) is 2.98. The molecule has 3 rings (SSSR count). The molecule has 2 aliphatic heterocycles. The molecule has 3 heteroatoms. The molecule has 5 atom stereocenters. The molecule has 2 heterocycles. The molecule has 0 radical (unpaired) electrons. The maximum Gasteiger partial charge on any atom is 0.0744 e. The van der Waals surface area contributed by atoms with Crippen LogP contribution < -0.4 is 5.73 Å². The Labute approximate surface area is 123 Å². The molecule has 3 nitrogen and oxygen atoms in total. The third-order valence-electron chi connectivity index (χ3n) is 6.24. The van der Waals surface area contributed by atoms with Gasteiger partial charge < -0.3 is 15.6 Å². The first-order valence-electron chi connectivity index (χ1n) is 8.57. The SMILES string of the molecule is CC(C)CC1CCCC(O)(C2(CN)CC3CCC2O3)C1. The summed E-state index contributed by atoms with van der Waals surface area (Å²) in [6, 6.07) is 0. The van der Waals surface area contributed by atoms with Crippen LogP contribution in [0.4, 0.5) is 0 Å². The number of rotatable bonds is 4. The van der Waals surface area contributed by atoms with Crippen LogP contribution in [0.5, 0.6) is 0 Å². The van der Waals surface area contributed by atoms with Crippen molar-refractivity contribution < 1.29 is 9.84 Å². The Hall–Kier alpha value is -0.120. The van der Waals surface area contributed by atoms with Gasteiger partial charge in [-0.05, 0) is 50.4 Å². The van der Waals surface area contributed by atoms with Crippen LogP contribution in [-0.2, 0) is 4.74 Å². The van der Waals surface area contributed by atoms with Gasteiger partial charge in [-0.2, -0.15) is 0 Å². The van der Waals surface area contributed by atoms with E-state index in [1.54, 1.807) is 0 Å². The van der Waals surface area contributed by atoms with E-state index >= 15 is 0 Å². The van der Waals surface area contributed by atoms with Crippen LogP contribution in [0, 0.1) is 17.3 Å². The van der Waals surface area contributed by atoms with Crippen molar-refractivity contribution >= 4 is 0 Å². The molecule has 2 bridgehead atoms. The Morgan fingerprint density at radius 1 is 1.25 bits per heavy atom. The van der Waals surface area contributed by atoms with Gasteiger partial charge in [0.1, 0.15) is 0 Å². The number of hydrogen-bond donors (Lipinski definition) is 2. The molecule has 0 spiro atoms. The second-order valence-corrected chi connectivity index (χ2v) is 8.01. The lowest BCUT2D eigenvalue weighted by molar-refractivity contribution is -0.142. The summed E-state index contributed by atoms with van der Waals surface area (Å²) < 4.78 is 6.07. The number of ether oxygens (including phenoxy) is 1. The monoisotopic (exact) mass is 281 g/mol. The molecule has 5 unspecified atom stereocenters. The van der Waals surface area contributed by atoms with Crippen LogP contribution in [-0.4, -0.2) is 29.5 Å². The van der Waals surface area contributed by atoms with Crippen LogP contribution in [0.2, 0.25) is 0 Å². The van der Waals surface area contributed by atoms with E-state index in [1.807, 2.05) is 0 Å². The third-order valence-corrected chi connectivity index (χ3v) is 6.24. The van der Waals surface area contributed by atoms with Crippen molar-refractivity contribution in [3.05, 3.63) is 0 Å². The molecule has 116 valence electrons. The van der Waals surface area contributed by atoms with Crippen LogP contribution >= 0.6 is 0 Å². The topological polar surface area (TPSA) is 55.5 Å². The van der Waals surface area contributed by atoms with E-state index in [1.165, 1.54) is 12.8 Å². The van der Waals surface area contributed by atoms with Crippen LogP contribution in [0.25, 0.3) is 0 Å². The molecule has 1 aliphatic carbocycles. The standard InChI is InChI=1S/C17H31NO2/c1-12(2)8-13-4-3-7-17(19,9-13)16(11-18)10-14-5-6-15(16)20-14/h12-15,19H,3-11,18H2,1-2H3. The van der Waals surface area contributed by atoms with E-state index in [2.05, 4.69) is 13.8 Å². The van der Waals surface area contributed by atoms with E-state index in [0.717, 1.165) is 38.5 Å². The first kappa shape index (κ1) is 14.8. The van der Waals surface area contributed by atoms with E-state index in [9.17, 15) is 5.11 Å². The summed E-state index contributed by atoms with van der Waals surface area (Å²) in [5.74, 6) is 1.38. The molecular formula is C17H31NO2. The Balaban J connectivity index is 1.79. The highest BCUT2D eigenvalue weighted by molar-refractivity contribution is 5.12. The Morgan fingerprint density at radius 2 is 2.05 bits per heavy atom. The molecule has 0 aromatic carbocycles. The summed E-state index contributed by atoms with van der Waals surface area (Å²) >= 11 is 0. The number of nitrogens with two attached hydrogens (primary N) is 1. The molecule has 3 fully saturated rings. The summed E-state index contributed by atoms with van der Waals surface area (Å²) in [7, 11) is 0. The average molecular weight is 281 g/mol. The molecule has 3 aliphatic rings. The molecule has 2 saturated heterocycles. The van der Waals surface area contributed by atoms with Crippen molar-refractivity contribution in [2.75, 3.05) is 6.54 Å². The van der Waals surface area contributed by atoms with Gasteiger partial charge in [0.2, 0.25) is 0 Å². The van der Waals surface area contributed by atoms with E-state index in [-0.39, 0.29) is 11.5 Å². The van der Waals surface area contributed by atoms with Crippen LogP contribution in [0.3, 0.4) is 0 Å². The number of hydrogen-bond acceptors (Lipinski definition) is 3. The Bertz CT molecular complexity index is 359. The summed E-state index contributed by atoms with van der Waals surface area (Å²) in [5.41, 5.74) is 5.43. The van der Waals surface area contributed by atoms with E-state index < -0.39 is 5.60 Å². The molecule has 0 amide bonds. The molecule has 20 heavy (non-hydrogen) atoms. The van der Waals surface area contributed by atoms with Crippen molar-refractivity contribution in [1.82, 2.24) is 0 Å². The van der Waals surface area contributed by atoms with Crippen molar-refractivity contribution in [3.8, 4) is 0 Å². The van der Waals surface area contributed by atoms with Gasteiger partial charge in [-0.3, -0.25) is 0 Å². The zero-order chi connectivity index (χ0) is 14.4. The van der Waals surface area contributed by atoms with Crippen molar-refractivity contribution in [1.29, 1.82) is 0 Å². The summed E-state index contributed by atoms with van der Waals surface area (Å²) in [5, 5.41) is 11.5. The Morgan fingerprint density at radius 3 is 2.60 bits per heavy atom. The first-order valence-corrected chi connectivity index (χ1v) is 8.57.